The highest BCUT2D eigenvalue weighted by Gasteiger charge is 1.99. The third kappa shape index (κ3) is 2.87. The Hall–Kier alpha value is -1.35. The number of rotatable bonds is 2. The minimum atomic E-state index is -1.12. The standard InChI is InChI=1S/C9H6ClFO2/c10-7-3-1-6(8(11)5-7)2-4-9(12)13/h1-5H,(H,12,13). The molecule has 0 radical (unpaired) electrons. The van der Waals surface area contributed by atoms with E-state index in [1.54, 1.807) is 0 Å². The van der Waals surface area contributed by atoms with Gasteiger partial charge in [0.1, 0.15) is 5.82 Å². The lowest BCUT2D eigenvalue weighted by Crippen LogP contribution is -1.87. The van der Waals surface area contributed by atoms with Crippen LogP contribution in [0, 0.1) is 5.82 Å². The van der Waals surface area contributed by atoms with Crippen LogP contribution < -0.4 is 0 Å². The van der Waals surface area contributed by atoms with Crippen LogP contribution in [0.5, 0.6) is 0 Å². The van der Waals surface area contributed by atoms with Gasteiger partial charge in [-0.05, 0) is 18.2 Å². The highest BCUT2D eigenvalue weighted by Crippen LogP contribution is 2.15. The largest absolute Gasteiger partial charge is 0.478 e. The van der Waals surface area contributed by atoms with Crippen LogP contribution in [-0.2, 0) is 4.79 Å². The van der Waals surface area contributed by atoms with E-state index in [0.29, 0.717) is 0 Å². The molecule has 0 aliphatic carbocycles. The first-order chi connectivity index (χ1) is 6.09. The van der Waals surface area contributed by atoms with Crippen LogP contribution in [0.4, 0.5) is 4.39 Å². The molecule has 1 rings (SSSR count). The summed E-state index contributed by atoms with van der Waals surface area (Å²) in [4.78, 5) is 10.1. The van der Waals surface area contributed by atoms with Crippen molar-refractivity contribution in [3.05, 3.63) is 40.7 Å². The fourth-order valence-corrected chi connectivity index (χ4v) is 0.957. The van der Waals surface area contributed by atoms with Gasteiger partial charge in [0.25, 0.3) is 0 Å². The van der Waals surface area contributed by atoms with Gasteiger partial charge in [-0.2, -0.15) is 0 Å². The van der Waals surface area contributed by atoms with Crippen LogP contribution in [0.1, 0.15) is 5.56 Å². The maximum absolute atomic E-state index is 13.0. The Labute approximate surface area is 79.3 Å². The quantitative estimate of drug-likeness (QED) is 0.745. The van der Waals surface area contributed by atoms with Gasteiger partial charge in [-0.1, -0.05) is 17.7 Å². The first-order valence-corrected chi connectivity index (χ1v) is 3.83. The van der Waals surface area contributed by atoms with Crippen LogP contribution in [-0.4, -0.2) is 11.1 Å². The first kappa shape index (κ1) is 9.74. The molecule has 68 valence electrons. The fraction of sp³-hybridized carbons (Fsp3) is 0. The normalized spacial score (nSPS) is 10.6. The van der Waals surface area contributed by atoms with Gasteiger partial charge in [0.2, 0.25) is 0 Å². The Balaban J connectivity index is 2.96. The molecule has 0 aliphatic rings. The minimum Gasteiger partial charge on any atom is -0.478 e. The van der Waals surface area contributed by atoms with Gasteiger partial charge in [0.05, 0.1) is 0 Å². The van der Waals surface area contributed by atoms with Crippen molar-refractivity contribution in [1.29, 1.82) is 0 Å². The van der Waals surface area contributed by atoms with Gasteiger partial charge in [-0.3, -0.25) is 0 Å². The first-order valence-electron chi connectivity index (χ1n) is 3.45. The number of benzene rings is 1. The molecule has 2 nitrogen and oxygen atoms in total. The van der Waals surface area contributed by atoms with Gasteiger partial charge >= 0.3 is 5.97 Å². The Bertz CT molecular complexity index is 361. The van der Waals surface area contributed by atoms with Crippen molar-refractivity contribution in [3.8, 4) is 0 Å². The zero-order valence-electron chi connectivity index (χ0n) is 6.50. The molecule has 0 unspecified atom stereocenters. The Kier molecular flexibility index (Phi) is 3.03. The summed E-state index contributed by atoms with van der Waals surface area (Å²) in [6, 6.07) is 4.03. The zero-order chi connectivity index (χ0) is 9.84. The molecule has 0 spiro atoms. The van der Waals surface area contributed by atoms with E-state index in [-0.39, 0.29) is 10.6 Å². The number of carbonyl (C=O) groups is 1. The van der Waals surface area contributed by atoms with Crippen molar-refractivity contribution in [2.24, 2.45) is 0 Å². The fourth-order valence-electron chi connectivity index (χ4n) is 0.798. The number of carboxylic acids is 1. The molecule has 4 heteroatoms. The van der Waals surface area contributed by atoms with E-state index >= 15 is 0 Å². The van der Waals surface area contributed by atoms with Gasteiger partial charge in [0.15, 0.2) is 0 Å². The summed E-state index contributed by atoms with van der Waals surface area (Å²) in [6.45, 7) is 0. The molecule has 13 heavy (non-hydrogen) atoms. The van der Waals surface area contributed by atoms with E-state index in [9.17, 15) is 9.18 Å². The van der Waals surface area contributed by atoms with Crippen molar-refractivity contribution < 1.29 is 14.3 Å². The summed E-state index contributed by atoms with van der Waals surface area (Å²) in [5, 5.41) is 8.57. The number of hydrogen-bond donors (Lipinski definition) is 1. The summed E-state index contributed by atoms with van der Waals surface area (Å²) in [5.41, 5.74) is 0.201. The van der Waals surface area contributed by atoms with Crippen LogP contribution >= 0.6 is 11.6 Å². The molecule has 0 aliphatic heterocycles. The smallest absolute Gasteiger partial charge is 0.328 e. The molecule has 0 heterocycles. The van der Waals surface area contributed by atoms with Gasteiger partial charge in [0, 0.05) is 16.7 Å². The summed E-state index contributed by atoms with van der Waals surface area (Å²) >= 11 is 5.50. The third-order valence-corrected chi connectivity index (χ3v) is 1.60. The third-order valence-electron chi connectivity index (χ3n) is 1.37. The summed E-state index contributed by atoms with van der Waals surface area (Å²) in [6.07, 6.45) is 2.04. The lowest BCUT2D eigenvalue weighted by molar-refractivity contribution is -0.131. The summed E-state index contributed by atoms with van der Waals surface area (Å²) in [7, 11) is 0. The average molecular weight is 201 g/mol. The molecule has 1 N–H and O–H groups in total. The highest BCUT2D eigenvalue weighted by atomic mass is 35.5. The number of hydrogen-bond acceptors (Lipinski definition) is 1. The van der Waals surface area contributed by atoms with Crippen LogP contribution in [0.25, 0.3) is 6.08 Å². The number of carboxylic acid groups (broad SMARTS) is 1. The minimum absolute atomic E-state index is 0.201. The van der Waals surface area contributed by atoms with Gasteiger partial charge in [-0.25, -0.2) is 9.18 Å². The van der Waals surface area contributed by atoms with E-state index in [0.717, 1.165) is 12.1 Å². The van der Waals surface area contributed by atoms with E-state index in [4.69, 9.17) is 16.7 Å². The van der Waals surface area contributed by atoms with Crippen molar-refractivity contribution in [2.75, 3.05) is 0 Å². The van der Waals surface area contributed by atoms with E-state index < -0.39 is 11.8 Å². The molecule has 0 saturated carbocycles. The Morgan fingerprint density at radius 2 is 2.23 bits per heavy atom. The summed E-state index contributed by atoms with van der Waals surface area (Å²) < 4.78 is 13.0. The van der Waals surface area contributed by atoms with Crippen molar-refractivity contribution >= 4 is 23.6 Å². The van der Waals surface area contributed by atoms with Gasteiger partial charge < -0.3 is 5.11 Å². The van der Waals surface area contributed by atoms with Crippen molar-refractivity contribution in [2.45, 2.75) is 0 Å². The summed E-state index contributed by atoms with van der Waals surface area (Å²) in [5.74, 6) is -1.65. The molecule has 0 aromatic heterocycles. The number of aliphatic carboxylic acids is 1. The second-order valence-electron chi connectivity index (χ2n) is 2.34. The molecule has 0 saturated heterocycles. The SMILES string of the molecule is O=C(O)C=Cc1ccc(Cl)cc1F. The lowest BCUT2D eigenvalue weighted by Gasteiger charge is -1.95. The molecular weight excluding hydrogens is 195 g/mol. The molecule has 1 aromatic rings. The molecular formula is C9H6ClFO2. The van der Waals surface area contributed by atoms with Crippen molar-refractivity contribution in [1.82, 2.24) is 0 Å². The second kappa shape index (κ2) is 4.05. The lowest BCUT2D eigenvalue weighted by atomic mass is 10.2. The maximum atomic E-state index is 13.0. The number of halogens is 2. The highest BCUT2D eigenvalue weighted by molar-refractivity contribution is 6.30. The molecule has 0 atom stereocenters. The zero-order valence-corrected chi connectivity index (χ0v) is 7.25. The average Bonchev–Trinajstić information content (AvgIpc) is 2.02. The van der Waals surface area contributed by atoms with Crippen LogP contribution in [0.2, 0.25) is 5.02 Å². The van der Waals surface area contributed by atoms with E-state index in [2.05, 4.69) is 0 Å². The predicted octanol–water partition coefficient (Wildman–Crippen LogP) is 2.58. The molecule has 1 aromatic carbocycles. The van der Waals surface area contributed by atoms with Crippen molar-refractivity contribution in [3.63, 3.8) is 0 Å². The predicted molar refractivity (Wildman–Crippen MR) is 48.1 cm³/mol. The van der Waals surface area contributed by atoms with Crippen LogP contribution in [0.15, 0.2) is 24.3 Å². The molecule has 0 fully saturated rings. The molecule has 0 bridgehead atoms. The van der Waals surface area contributed by atoms with E-state index in [1.165, 1.54) is 18.2 Å². The van der Waals surface area contributed by atoms with E-state index in [1.807, 2.05) is 0 Å². The Morgan fingerprint density at radius 1 is 1.54 bits per heavy atom. The van der Waals surface area contributed by atoms with Crippen LogP contribution in [0.3, 0.4) is 0 Å². The Morgan fingerprint density at radius 3 is 2.77 bits per heavy atom. The molecule has 0 amide bonds. The topological polar surface area (TPSA) is 37.3 Å². The monoisotopic (exact) mass is 200 g/mol. The maximum Gasteiger partial charge on any atom is 0.328 e. The second-order valence-corrected chi connectivity index (χ2v) is 2.77. The van der Waals surface area contributed by atoms with Gasteiger partial charge in [-0.15, -0.1) is 0 Å².